The average molecular weight is 155 g/mol. The van der Waals surface area contributed by atoms with E-state index in [2.05, 4.69) is 10.6 Å². The van der Waals surface area contributed by atoms with Crippen molar-refractivity contribution in [3.63, 3.8) is 0 Å². The molecule has 0 aliphatic rings. The molecule has 1 unspecified atom stereocenters. The molecule has 0 aliphatic carbocycles. The summed E-state index contributed by atoms with van der Waals surface area (Å²) in [6.45, 7) is 2.10. The predicted molar refractivity (Wildman–Crippen MR) is 41.8 cm³/mol. The van der Waals surface area contributed by atoms with Crippen molar-refractivity contribution < 1.29 is 4.79 Å². The second kappa shape index (κ2) is 5.69. The van der Waals surface area contributed by atoms with Crippen LogP contribution in [0.5, 0.6) is 0 Å². The van der Waals surface area contributed by atoms with Crippen LogP contribution in [-0.2, 0) is 4.79 Å². The fourth-order valence-corrected chi connectivity index (χ4v) is 0.674. The quantitative estimate of drug-likeness (QED) is 0.582. The Morgan fingerprint density at radius 2 is 2.36 bits per heavy atom. The van der Waals surface area contributed by atoms with Gasteiger partial charge in [-0.1, -0.05) is 0 Å². The Morgan fingerprint density at radius 1 is 1.73 bits per heavy atom. The van der Waals surface area contributed by atoms with Crippen molar-refractivity contribution in [1.82, 2.24) is 10.6 Å². The highest BCUT2D eigenvalue weighted by molar-refractivity contribution is 5.78. The fourth-order valence-electron chi connectivity index (χ4n) is 0.674. The van der Waals surface area contributed by atoms with Crippen LogP contribution in [0.4, 0.5) is 0 Å². The summed E-state index contributed by atoms with van der Waals surface area (Å²) in [5.74, 6) is -0.0738. The normalized spacial score (nSPS) is 11.7. The number of likely N-dealkylation sites (N-methyl/N-ethyl adjacent to an activating group) is 1. The zero-order valence-electron chi connectivity index (χ0n) is 6.85. The van der Waals surface area contributed by atoms with Crippen LogP contribution in [0, 0.1) is 11.3 Å². The lowest BCUT2D eigenvalue weighted by Gasteiger charge is -2.08. The lowest BCUT2D eigenvalue weighted by Crippen LogP contribution is -2.37. The van der Waals surface area contributed by atoms with Crippen molar-refractivity contribution in [2.24, 2.45) is 0 Å². The third-order valence-corrected chi connectivity index (χ3v) is 1.14. The van der Waals surface area contributed by atoms with Gasteiger partial charge in [-0.25, -0.2) is 0 Å². The maximum absolute atomic E-state index is 10.8. The van der Waals surface area contributed by atoms with Crippen LogP contribution in [0.3, 0.4) is 0 Å². The molecular weight excluding hydrogens is 142 g/mol. The Balaban J connectivity index is 3.50. The summed E-state index contributed by atoms with van der Waals surface area (Å²) in [6.07, 6.45) is 0.357. The van der Waals surface area contributed by atoms with Crippen molar-refractivity contribution >= 4 is 5.91 Å². The van der Waals surface area contributed by atoms with Gasteiger partial charge in [0.15, 0.2) is 0 Å². The van der Waals surface area contributed by atoms with Crippen molar-refractivity contribution in [2.75, 3.05) is 13.6 Å². The van der Waals surface area contributed by atoms with Gasteiger partial charge in [0.1, 0.15) is 0 Å². The van der Waals surface area contributed by atoms with Gasteiger partial charge in [0.25, 0.3) is 0 Å². The van der Waals surface area contributed by atoms with Gasteiger partial charge in [-0.05, 0) is 14.0 Å². The first-order valence-corrected chi connectivity index (χ1v) is 3.51. The SMILES string of the molecule is CNCC(=O)NC(C)CC#N. The number of hydrogen-bond donors (Lipinski definition) is 2. The maximum atomic E-state index is 10.8. The second-order valence-corrected chi connectivity index (χ2v) is 2.36. The van der Waals surface area contributed by atoms with E-state index in [9.17, 15) is 4.79 Å². The molecule has 0 rings (SSSR count). The summed E-state index contributed by atoms with van der Waals surface area (Å²) in [7, 11) is 1.70. The minimum Gasteiger partial charge on any atom is -0.352 e. The molecule has 62 valence electrons. The fraction of sp³-hybridized carbons (Fsp3) is 0.714. The number of carbonyl (C=O) groups excluding carboxylic acids is 1. The topological polar surface area (TPSA) is 64.9 Å². The maximum Gasteiger partial charge on any atom is 0.234 e. The van der Waals surface area contributed by atoms with E-state index in [1.54, 1.807) is 14.0 Å². The van der Waals surface area contributed by atoms with Crippen molar-refractivity contribution in [1.29, 1.82) is 5.26 Å². The summed E-state index contributed by atoms with van der Waals surface area (Å²) >= 11 is 0. The van der Waals surface area contributed by atoms with E-state index >= 15 is 0 Å². The number of amides is 1. The first kappa shape index (κ1) is 9.92. The Kier molecular flexibility index (Phi) is 5.13. The monoisotopic (exact) mass is 155 g/mol. The van der Waals surface area contributed by atoms with Crippen LogP contribution in [0.25, 0.3) is 0 Å². The lowest BCUT2D eigenvalue weighted by molar-refractivity contribution is -0.120. The molecule has 0 radical (unpaired) electrons. The number of rotatable bonds is 4. The minimum absolute atomic E-state index is 0.0548. The molecule has 0 heterocycles. The van der Waals surface area contributed by atoms with Gasteiger partial charge >= 0.3 is 0 Å². The van der Waals surface area contributed by atoms with Crippen LogP contribution in [0.15, 0.2) is 0 Å². The van der Waals surface area contributed by atoms with Gasteiger partial charge in [-0.15, -0.1) is 0 Å². The smallest absolute Gasteiger partial charge is 0.234 e. The largest absolute Gasteiger partial charge is 0.352 e. The first-order chi connectivity index (χ1) is 5.20. The van der Waals surface area contributed by atoms with E-state index in [0.717, 1.165) is 0 Å². The molecule has 0 fully saturated rings. The third kappa shape index (κ3) is 5.37. The molecule has 0 aliphatic heterocycles. The molecule has 1 atom stereocenters. The molecule has 4 heteroatoms. The van der Waals surface area contributed by atoms with Crippen molar-refractivity contribution in [3.8, 4) is 6.07 Å². The molecule has 0 bridgehead atoms. The average Bonchev–Trinajstić information content (AvgIpc) is 1.87. The molecule has 0 aromatic carbocycles. The molecule has 4 nitrogen and oxygen atoms in total. The van der Waals surface area contributed by atoms with E-state index < -0.39 is 0 Å². The van der Waals surface area contributed by atoms with Gasteiger partial charge in [-0.3, -0.25) is 4.79 Å². The van der Waals surface area contributed by atoms with Crippen molar-refractivity contribution in [3.05, 3.63) is 0 Å². The molecule has 1 amide bonds. The Morgan fingerprint density at radius 3 is 2.82 bits per heavy atom. The van der Waals surface area contributed by atoms with E-state index in [0.29, 0.717) is 13.0 Å². The number of nitriles is 1. The molecular formula is C7H13N3O. The summed E-state index contributed by atoms with van der Waals surface area (Å²) < 4.78 is 0. The molecule has 0 aromatic rings. The zero-order chi connectivity index (χ0) is 8.69. The third-order valence-electron chi connectivity index (χ3n) is 1.14. The standard InChI is InChI=1S/C7H13N3O/c1-6(3-4-8)10-7(11)5-9-2/h6,9H,3,5H2,1-2H3,(H,10,11). The van der Waals surface area contributed by atoms with Gasteiger partial charge in [0.05, 0.1) is 19.0 Å². The van der Waals surface area contributed by atoms with Crippen LogP contribution < -0.4 is 10.6 Å². The second-order valence-electron chi connectivity index (χ2n) is 2.36. The summed E-state index contributed by atoms with van der Waals surface area (Å²) in [5.41, 5.74) is 0. The Hall–Kier alpha value is -1.08. The predicted octanol–water partition coefficient (Wildman–Crippen LogP) is -0.376. The zero-order valence-corrected chi connectivity index (χ0v) is 6.85. The molecule has 0 spiro atoms. The van der Waals surface area contributed by atoms with Crippen LogP contribution in [0.1, 0.15) is 13.3 Å². The van der Waals surface area contributed by atoms with Gasteiger partial charge in [0.2, 0.25) is 5.91 Å². The first-order valence-electron chi connectivity index (χ1n) is 3.51. The van der Waals surface area contributed by atoms with Crippen LogP contribution in [0.2, 0.25) is 0 Å². The summed E-state index contributed by atoms with van der Waals surface area (Å²) in [5, 5.41) is 13.6. The molecule has 0 saturated carbocycles. The number of hydrogen-bond acceptors (Lipinski definition) is 3. The number of nitrogens with zero attached hydrogens (tertiary/aromatic N) is 1. The molecule has 0 aromatic heterocycles. The lowest BCUT2D eigenvalue weighted by atomic mass is 10.2. The molecule has 2 N–H and O–H groups in total. The highest BCUT2D eigenvalue weighted by atomic mass is 16.1. The summed E-state index contributed by atoms with van der Waals surface area (Å²) in [4.78, 5) is 10.8. The van der Waals surface area contributed by atoms with Gasteiger partial charge in [0, 0.05) is 6.04 Å². The highest BCUT2D eigenvalue weighted by Crippen LogP contribution is 1.86. The minimum atomic E-state index is -0.0738. The van der Waals surface area contributed by atoms with E-state index in [1.165, 1.54) is 0 Å². The van der Waals surface area contributed by atoms with E-state index in [1.807, 2.05) is 6.07 Å². The Labute approximate surface area is 66.6 Å². The summed E-state index contributed by atoms with van der Waals surface area (Å²) in [6, 6.07) is 1.93. The van der Waals surface area contributed by atoms with Gasteiger partial charge < -0.3 is 10.6 Å². The highest BCUT2D eigenvalue weighted by Gasteiger charge is 2.04. The van der Waals surface area contributed by atoms with Crippen molar-refractivity contribution in [2.45, 2.75) is 19.4 Å². The number of carbonyl (C=O) groups is 1. The Bertz CT molecular complexity index is 162. The van der Waals surface area contributed by atoms with E-state index in [-0.39, 0.29) is 11.9 Å². The van der Waals surface area contributed by atoms with Crippen LogP contribution >= 0.6 is 0 Å². The van der Waals surface area contributed by atoms with E-state index in [4.69, 9.17) is 5.26 Å². The number of nitrogens with one attached hydrogen (secondary N) is 2. The molecule has 11 heavy (non-hydrogen) atoms. The van der Waals surface area contributed by atoms with Crippen LogP contribution in [-0.4, -0.2) is 25.5 Å². The molecule has 0 saturated heterocycles. The van der Waals surface area contributed by atoms with Gasteiger partial charge in [-0.2, -0.15) is 5.26 Å².